The summed E-state index contributed by atoms with van der Waals surface area (Å²) in [5, 5.41) is 7.77. The molecule has 4 rings (SSSR count). The van der Waals surface area contributed by atoms with Crippen molar-refractivity contribution in [1.82, 2.24) is 20.4 Å². The number of nitrogens with zero attached hydrogens (tertiary/aromatic N) is 3. The Morgan fingerprint density at radius 3 is 2.67 bits per heavy atom. The van der Waals surface area contributed by atoms with E-state index in [-0.39, 0.29) is 11.8 Å². The summed E-state index contributed by atoms with van der Waals surface area (Å²) in [5.41, 5.74) is 4.81. The average molecular weight is 409 g/mol. The van der Waals surface area contributed by atoms with Crippen molar-refractivity contribution in [2.75, 3.05) is 26.3 Å². The molecule has 0 spiro atoms. The topological polar surface area (TPSA) is 80.5 Å². The highest BCUT2D eigenvalue weighted by atomic mass is 16.5. The Kier molecular flexibility index (Phi) is 6.11. The highest BCUT2D eigenvalue weighted by Crippen LogP contribution is 2.25. The third kappa shape index (κ3) is 4.37. The van der Waals surface area contributed by atoms with Crippen LogP contribution < -0.4 is 5.32 Å². The van der Waals surface area contributed by atoms with Crippen LogP contribution in [0.25, 0.3) is 11.1 Å². The number of morpholine rings is 1. The molecule has 1 N–H and O–H groups in total. The maximum atomic E-state index is 13.1. The van der Waals surface area contributed by atoms with E-state index in [2.05, 4.69) is 32.5 Å². The van der Waals surface area contributed by atoms with E-state index in [1.54, 1.807) is 0 Å². The Hall–Kier alpha value is -2.77. The first kappa shape index (κ1) is 20.5. The highest BCUT2D eigenvalue weighted by molar-refractivity contribution is 6.06. The van der Waals surface area contributed by atoms with Crippen LogP contribution in [-0.4, -0.2) is 47.3 Å². The number of rotatable bonds is 6. The van der Waals surface area contributed by atoms with Crippen molar-refractivity contribution in [3.05, 3.63) is 58.4 Å². The third-order valence-corrected chi connectivity index (χ3v) is 5.53. The van der Waals surface area contributed by atoms with Gasteiger partial charge in [0.15, 0.2) is 0 Å². The van der Waals surface area contributed by atoms with Gasteiger partial charge < -0.3 is 14.6 Å². The zero-order valence-electron chi connectivity index (χ0n) is 17.8. The number of pyridine rings is 1. The predicted octanol–water partition coefficient (Wildman–Crippen LogP) is 3.42. The van der Waals surface area contributed by atoms with Crippen LogP contribution in [-0.2, 0) is 17.8 Å². The van der Waals surface area contributed by atoms with Crippen molar-refractivity contribution < 1.29 is 14.1 Å². The minimum atomic E-state index is -0.142. The molecule has 0 saturated carbocycles. The van der Waals surface area contributed by atoms with Crippen LogP contribution in [0.15, 0.2) is 34.9 Å². The van der Waals surface area contributed by atoms with Gasteiger partial charge in [-0.05, 0) is 30.0 Å². The molecule has 1 aromatic carbocycles. The van der Waals surface area contributed by atoms with Crippen LogP contribution in [0.4, 0.5) is 0 Å². The Morgan fingerprint density at radius 1 is 1.20 bits per heavy atom. The van der Waals surface area contributed by atoms with E-state index in [1.165, 1.54) is 5.56 Å². The van der Waals surface area contributed by atoms with Crippen molar-refractivity contribution in [2.45, 2.75) is 39.8 Å². The van der Waals surface area contributed by atoms with Gasteiger partial charge in [0.2, 0.25) is 0 Å². The lowest BCUT2D eigenvalue weighted by Crippen LogP contribution is -2.36. The van der Waals surface area contributed by atoms with Crippen LogP contribution in [0.5, 0.6) is 0 Å². The van der Waals surface area contributed by atoms with Gasteiger partial charge in [0.05, 0.1) is 29.9 Å². The van der Waals surface area contributed by atoms with E-state index < -0.39 is 0 Å². The molecule has 3 heterocycles. The quantitative estimate of drug-likeness (QED) is 0.673. The van der Waals surface area contributed by atoms with Gasteiger partial charge in [-0.1, -0.05) is 43.3 Å². The first-order chi connectivity index (χ1) is 14.5. The lowest BCUT2D eigenvalue weighted by Gasteiger charge is -2.27. The van der Waals surface area contributed by atoms with Gasteiger partial charge in [0, 0.05) is 31.9 Å². The molecule has 7 nitrogen and oxygen atoms in total. The second-order valence-corrected chi connectivity index (χ2v) is 8.04. The van der Waals surface area contributed by atoms with Crippen LogP contribution in [0, 0.1) is 6.92 Å². The highest BCUT2D eigenvalue weighted by Gasteiger charge is 2.20. The van der Waals surface area contributed by atoms with Gasteiger partial charge in [-0.25, -0.2) is 4.98 Å². The van der Waals surface area contributed by atoms with Crippen molar-refractivity contribution in [3.63, 3.8) is 0 Å². The molecule has 1 fully saturated rings. The van der Waals surface area contributed by atoms with Crippen LogP contribution in [0.3, 0.4) is 0 Å². The monoisotopic (exact) mass is 408 g/mol. The fourth-order valence-corrected chi connectivity index (χ4v) is 3.74. The molecule has 158 valence electrons. The molecule has 0 bridgehead atoms. The molecule has 0 unspecified atom stereocenters. The Bertz CT molecular complexity index is 1040. The normalized spacial score (nSPS) is 15.1. The van der Waals surface area contributed by atoms with Crippen molar-refractivity contribution in [3.8, 4) is 0 Å². The van der Waals surface area contributed by atoms with E-state index in [0.29, 0.717) is 28.9 Å². The van der Waals surface area contributed by atoms with Crippen LogP contribution >= 0.6 is 0 Å². The minimum absolute atomic E-state index is 0.142. The fraction of sp³-hybridized carbons (Fsp3) is 0.435. The Balaban J connectivity index is 1.54. The van der Waals surface area contributed by atoms with E-state index in [4.69, 9.17) is 9.26 Å². The van der Waals surface area contributed by atoms with E-state index in [0.717, 1.165) is 44.1 Å². The lowest BCUT2D eigenvalue weighted by atomic mass is 10.0. The zero-order valence-corrected chi connectivity index (χ0v) is 17.8. The van der Waals surface area contributed by atoms with Crippen LogP contribution in [0.1, 0.15) is 52.6 Å². The maximum Gasteiger partial charge on any atom is 0.259 e. The SMILES string of the molecule is Cc1noc2nc(C(C)C)cc(C(=O)NCc3ccccc3CN3CCOCC3)c12. The molecule has 1 amide bonds. The standard InChI is InChI=1S/C23H28N4O3/c1-15(2)20-12-19(21-16(3)26-30-23(21)25-20)22(28)24-13-17-6-4-5-7-18(17)14-27-8-10-29-11-9-27/h4-7,12,15H,8-11,13-14H2,1-3H3,(H,24,28). The van der Waals surface area contributed by atoms with Crippen molar-refractivity contribution in [2.24, 2.45) is 0 Å². The number of carbonyl (C=O) groups excluding carboxylic acids is 1. The molecule has 0 aliphatic carbocycles. The summed E-state index contributed by atoms with van der Waals surface area (Å²) >= 11 is 0. The van der Waals surface area contributed by atoms with Crippen LogP contribution in [0.2, 0.25) is 0 Å². The molecule has 2 aromatic heterocycles. The molecule has 0 atom stereocenters. The number of hydrogen-bond acceptors (Lipinski definition) is 6. The number of aromatic nitrogens is 2. The van der Waals surface area contributed by atoms with Gasteiger partial charge in [-0.15, -0.1) is 0 Å². The minimum Gasteiger partial charge on any atom is -0.379 e. The molecular formula is C23H28N4O3. The van der Waals surface area contributed by atoms with Gasteiger partial charge in [0.1, 0.15) is 0 Å². The average Bonchev–Trinajstić information content (AvgIpc) is 3.14. The number of hydrogen-bond donors (Lipinski definition) is 1. The summed E-state index contributed by atoms with van der Waals surface area (Å²) in [6.07, 6.45) is 0. The van der Waals surface area contributed by atoms with E-state index >= 15 is 0 Å². The summed E-state index contributed by atoms with van der Waals surface area (Å²) in [6, 6.07) is 10.1. The largest absolute Gasteiger partial charge is 0.379 e. The van der Waals surface area contributed by atoms with Gasteiger partial charge in [-0.2, -0.15) is 0 Å². The summed E-state index contributed by atoms with van der Waals surface area (Å²) in [6.45, 7) is 10.6. The summed E-state index contributed by atoms with van der Waals surface area (Å²) < 4.78 is 10.8. The number of benzene rings is 1. The number of nitrogens with one attached hydrogen (secondary N) is 1. The second kappa shape index (κ2) is 8.93. The summed E-state index contributed by atoms with van der Waals surface area (Å²) in [4.78, 5) is 20.0. The number of amides is 1. The van der Waals surface area contributed by atoms with Crippen molar-refractivity contribution in [1.29, 1.82) is 0 Å². The van der Waals surface area contributed by atoms with Gasteiger partial charge in [-0.3, -0.25) is 9.69 Å². The molecule has 1 aliphatic rings. The number of aryl methyl sites for hydroxylation is 1. The Morgan fingerprint density at radius 2 is 1.93 bits per heavy atom. The van der Waals surface area contributed by atoms with E-state index in [1.807, 2.05) is 39.0 Å². The smallest absolute Gasteiger partial charge is 0.259 e. The van der Waals surface area contributed by atoms with Crippen molar-refractivity contribution >= 4 is 17.0 Å². The zero-order chi connectivity index (χ0) is 21.1. The summed E-state index contributed by atoms with van der Waals surface area (Å²) in [5.74, 6) is 0.0392. The predicted molar refractivity (Wildman–Crippen MR) is 114 cm³/mol. The maximum absolute atomic E-state index is 13.1. The first-order valence-electron chi connectivity index (χ1n) is 10.4. The molecule has 30 heavy (non-hydrogen) atoms. The molecule has 1 saturated heterocycles. The summed E-state index contributed by atoms with van der Waals surface area (Å²) in [7, 11) is 0. The first-order valence-corrected chi connectivity index (χ1v) is 10.4. The second-order valence-electron chi connectivity index (χ2n) is 8.04. The molecule has 3 aromatic rings. The lowest BCUT2D eigenvalue weighted by molar-refractivity contribution is 0.0340. The molecule has 7 heteroatoms. The van der Waals surface area contributed by atoms with Gasteiger partial charge in [0.25, 0.3) is 11.6 Å². The van der Waals surface area contributed by atoms with E-state index in [9.17, 15) is 4.79 Å². The number of ether oxygens (including phenoxy) is 1. The molecule has 0 radical (unpaired) electrons. The number of carbonyl (C=O) groups is 1. The third-order valence-electron chi connectivity index (χ3n) is 5.53. The molecular weight excluding hydrogens is 380 g/mol. The molecule has 1 aliphatic heterocycles. The Labute approximate surface area is 176 Å². The fourth-order valence-electron chi connectivity index (χ4n) is 3.74. The van der Waals surface area contributed by atoms with Gasteiger partial charge >= 0.3 is 0 Å². The number of fused-ring (bicyclic) bond motifs is 1.